The van der Waals surface area contributed by atoms with Crippen LogP contribution in [0.5, 0.6) is 0 Å². The molecule has 6 heteroatoms. The topological polar surface area (TPSA) is 54.0 Å². The van der Waals surface area contributed by atoms with Crippen LogP contribution in [0.15, 0.2) is 40.9 Å². The number of aromatic nitrogens is 1. The minimum absolute atomic E-state index is 0.241. The smallest absolute Gasteiger partial charge is 0.315 e. The average Bonchev–Trinajstić information content (AvgIpc) is 2.46. The minimum Gasteiger partial charge on any atom is -0.334 e. The summed E-state index contributed by atoms with van der Waals surface area (Å²) in [4.78, 5) is 16.0. The maximum atomic E-state index is 13.1. The number of benzene rings is 1. The molecule has 0 fully saturated rings. The van der Waals surface area contributed by atoms with Crippen LogP contribution in [0.3, 0.4) is 0 Å². The number of urea groups is 1. The first-order valence-electron chi connectivity index (χ1n) is 6.43. The number of nitrogens with one attached hydrogen (secondary N) is 2. The second-order valence-corrected chi connectivity index (χ2v) is 5.40. The fourth-order valence-electron chi connectivity index (χ4n) is 1.79. The second-order valence-electron chi connectivity index (χ2n) is 4.54. The highest BCUT2D eigenvalue weighted by Crippen LogP contribution is 2.17. The van der Waals surface area contributed by atoms with Crippen molar-refractivity contribution in [1.29, 1.82) is 0 Å². The molecular formula is C15H15BrFN3O. The zero-order valence-corrected chi connectivity index (χ0v) is 13.1. The Bertz CT molecular complexity index is 649. The van der Waals surface area contributed by atoms with Crippen LogP contribution >= 0.6 is 15.9 Å². The quantitative estimate of drug-likeness (QED) is 0.887. The van der Waals surface area contributed by atoms with Crippen LogP contribution in [0.1, 0.15) is 17.0 Å². The molecule has 0 unspecified atom stereocenters. The van der Waals surface area contributed by atoms with Crippen molar-refractivity contribution in [3.05, 3.63) is 63.6 Å². The number of rotatable bonds is 4. The van der Waals surface area contributed by atoms with Crippen LogP contribution in [0, 0.1) is 12.7 Å². The third kappa shape index (κ3) is 4.82. The van der Waals surface area contributed by atoms with Gasteiger partial charge >= 0.3 is 6.03 Å². The molecule has 0 aliphatic rings. The van der Waals surface area contributed by atoms with Crippen molar-refractivity contribution in [1.82, 2.24) is 15.6 Å². The van der Waals surface area contributed by atoms with E-state index in [1.807, 2.05) is 25.1 Å². The molecule has 0 aliphatic heterocycles. The number of hydrogen-bond donors (Lipinski definition) is 2. The molecule has 21 heavy (non-hydrogen) atoms. The first-order chi connectivity index (χ1) is 10.0. The molecule has 1 aromatic heterocycles. The molecule has 2 N–H and O–H groups in total. The summed E-state index contributed by atoms with van der Waals surface area (Å²) in [7, 11) is 0. The largest absolute Gasteiger partial charge is 0.334 e. The van der Waals surface area contributed by atoms with Gasteiger partial charge in [-0.2, -0.15) is 0 Å². The summed E-state index contributed by atoms with van der Waals surface area (Å²) in [5.74, 6) is -0.334. The normalized spacial score (nSPS) is 10.2. The lowest BCUT2D eigenvalue weighted by Gasteiger charge is -2.09. The first-order valence-corrected chi connectivity index (χ1v) is 7.22. The van der Waals surface area contributed by atoms with E-state index in [0.717, 1.165) is 15.9 Å². The molecule has 2 aromatic rings. The Morgan fingerprint density at radius 2 is 2.00 bits per heavy atom. The van der Waals surface area contributed by atoms with Gasteiger partial charge in [-0.3, -0.25) is 4.98 Å². The van der Waals surface area contributed by atoms with Crippen molar-refractivity contribution in [2.24, 2.45) is 0 Å². The Kier molecular flexibility index (Phi) is 5.27. The van der Waals surface area contributed by atoms with E-state index in [0.29, 0.717) is 12.1 Å². The Balaban J connectivity index is 1.83. The van der Waals surface area contributed by atoms with Crippen molar-refractivity contribution in [3.8, 4) is 0 Å². The summed E-state index contributed by atoms with van der Waals surface area (Å²) in [6.45, 7) is 2.48. The molecule has 4 nitrogen and oxygen atoms in total. The van der Waals surface area contributed by atoms with E-state index in [1.54, 1.807) is 6.07 Å². The van der Waals surface area contributed by atoms with Crippen molar-refractivity contribution < 1.29 is 9.18 Å². The van der Waals surface area contributed by atoms with E-state index >= 15 is 0 Å². The van der Waals surface area contributed by atoms with Crippen LogP contribution < -0.4 is 10.6 Å². The van der Waals surface area contributed by atoms with Crippen molar-refractivity contribution in [2.45, 2.75) is 20.0 Å². The predicted molar refractivity (Wildman–Crippen MR) is 82.1 cm³/mol. The maximum absolute atomic E-state index is 13.1. The summed E-state index contributed by atoms with van der Waals surface area (Å²) in [6, 6.07) is 9.65. The minimum atomic E-state index is -0.334. The van der Waals surface area contributed by atoms with Crippen LogP contribution in [-0.2, 0) is 13.1 Å². The van der Waals surface area contributed by atoms with Gasteiger partial charge in [-0.15, -0.1) is 0 Å². The number of pyridine rings is 1. The third-order valence-electron chi connectivity index (χ3n) is 2.82. The Morgan fingerprint density at radius 3 is 2.76 bits per heavy atom. The highest BCUT2D eigenvalue weighted by molar-refractivity contribution is 9.10. The second kappa shape index (κ2) is 7.17. The molecule has 1 heterocycles. The van der Waals surface area contributed by atoms with Crippen LogP contribution in [-0.4, -0.2) is 11.0 Å². The number of halogens is 2. The molecular weight excluding hydrogens is 337 g/mol. The van der Waals surface area contributed by atoms with Crippen LogP contribution in [0.4, 0.5) is 9.18 Å². The average molecular weight is 352 g/mol. The van der Waals surface area contributed by atoms with Gasteiger partial charge in [0.05, 0.1) is 12.2 Å². The Labute approximate surface area is 130 Å². The number of nitrogens with zero attached hydrogens (tertiary/aromatic N) is 1. The standard InChI is InChI=1S/C15H15BrFN3O/c1-10-3-2-4-13(20-10)9-19-15(21)18-8-11-7-12(17)5-6-14(11)16/h2-7H,8-9H2,1H3,(H2,18,19,21). The fraction of sp³-hybridized carbons (Fsp3) is 0.200. The SMILES string of the molecule is Cc1cccc(CNC(=O)NCc2cc(F)ccc2Br)n1. The highest BCUT2D eigenvalue weighted by atomic mass is 79.9. The van der Waals surface area contributed by atoms with E-state index in [1.165, 1.54) is 12.1 Å². The summed E-state index contributed by atoms with van der Waals surface area (Å²) in [5, 5.41) is 5.39. The zero-order chi connectivity index (χ0) is 15.2. The number of hydrogen-bond acceptors (Lipinski definition) is 2. The van der Waals surface area contributed by atoms with Gasteiger partial charge in [0.1, 0.15) is 5.82 Å². The van der Waals surface area contributed by atoms with E-state index < -0.39 is 0 Å². The van der Waals surface area contributed by atoms with Gasteiger partial charge in [0.15, 0.2) is 0 Å². The molecule has 110 valence electrons. The van der Waals surface area contributed by atoms with Crippen molar-refractivity contribution in [2.75, 3.05) is 0 Å². The third-order valence-corrected chi connectivity index (χ3v) is 3.60. The lowest BCUT2D eigenvalue weighted by Crippen LogP contribution is -2.34. The van der Waals surface area contributed by atoms with E-state index in [2.05, 4.69) is 31.5 Å². The summed E-state index contributed by atoms with van der Waals surface area (Å²) in [6.07, 6.45) is 0. The molecule has 1 aromatic carbocycles. The molecule has 2 amide bonds. The molecule has 0 saturated heterocycles. The molecule has 0 aliphatic carbocycles. The van der Waals surface area contributed by atoms with Crippen LogP contribution in [0.2, 0.25) is 0 Å². The van der Waals surface area contributed by atoms with E-state index in [4.69, 9.17) is 0 Å². The number of carbonyl (C=O) groups is 1. The first kappa shape index (κ1) is 15.4. The highest BCUT2D eigenvalue weighted by Gasteiger charge is 2.05. The summed E-state index contributed by atoms with van der Waals surface area (Å²) >= 11 is 3.32. The molecule has 0 bridgehead atoms. The summed E-state index contributed by atoms with van der Waals surface area (Å²) in [5.41, 5.74) is 2.37. The monoisotopic (exact) mass is 351 g/mol. The van der Waals surface area contributed by atoms with Gasteiger partial charge in [0.25, 0.3) is 0 Å². The Morgan fingerprint density at radius 1 is 1.24 bits per heavy atom. The van der Waals surface area contributed by atoms with Gasteiger partial charge < -0.3 is 10.6 Å². The molecule has 0 saturated carbocycles. The maximum Gasteiger partial charge on any atom is 0.315 e. The van der Waals surface area contributed by atoms with Crippen molar-refractivity contribution >= 4 is 22.0 Å². The molecule has 2 rings (SSSR count). The molecule has 0 radical (unpaired) electrons. The van der Waals surface area contributed by atoms with Gasteiger partial charge in [-0.05, 0) is 42.8 Å². The Hall–Kier alpha value is -1.95. The summed E-state index contributed by atoms with van der Waals surface area (Å²) < 4.78 is 13.9. The molecule has 0 spiro atoms. The van der Waals surface area contributed by atoms with Crippen molar-refractivity contribution in [3.63, 3.8) is 0 Å². The van der Waals surface area contributed by atoms with Gasteiger partial charge in [-0.25, -0.2) is 9.18 Å². The van der Waals surface area contributed by atoms with Gasteiger partial charge in [-0.1, -0.05) is 22.0 Å². The van der Waals surface area contributed by atoms with E-state index in [9.17, 15) is 9.18 Å². The predicted octanol–water partition coefficient (Wildman–Crippen LogP) is 3.29. The molecule has 0 atom stereocenters. The fourth-order valence-corrected chi connectivity index (χ4v) is 2.17. The van der Waals surface area contributed by atoms with Crippen LogP contribution in [0.25, 0.3) is 0 Å². The lowest BCUT2D eigenvalue weighted by atomic mass is 10.2. The van der Waals surface area contributed by atoms with Gasteiger partial charge in [0, 0.05) is 16.7 Å². The zero-order valence-electron chi connectivity index (χ0n) is 11.5. The number of aryl methyl sites for hydroxylation is 1. The number of carbonyl (C=O) groups excluding carboxylic acids is 1. The van der Waals surface area contributed by atoms with E-state index in [-0.39, 0.29) is 18.4 Å². The number of amides is 2. The lowest BCUT2D eigenvalue weighted by molar-refractivity contribution is 0.240. The van der Waals surface area contributed by atoms with Gasteiger partial charge in [0.2, 0.25) is 0 Å².